The standard InChI is InChI=1S/C15H26N2O3S/c1-3-5-11-6-8-16(9-7-11)15(20)17-12(14(18)19)10-21-13(17)4-2/h11-13H,3-10H2,1-2H3,(H,18,19). The SMILES string of the molecule is CCCC1CCN(C(=O)N2C(CC)SCC2C(=O)O)CC1. The molecule has 2 saturated heterocycles. The number of hydrogen-bond acceptors (Lipinski definition) is 3. The van der Waals surface area contributed by atoms with Gasteiger partial charge in [0.15, 0.2) is 0 Å². The van der Waals surface area contributed by atoms with E-state index in [1.165, 1.54) is 12.8 Å². The van der Waals surface area contributed by atoms with Crippen LogP contribution < -0.4 is 0 Å². The number of nitrogens with zero attached hydrogens (tertiary/aromatic N) is 2. The monoisotopic (exact) mass is 314 g/mol. The van der Waals surface area contributed by atoms with Crippen molar-refractivity contribution in [3.63, 3.8) is 0 Å². The molecule has 5 nitrogen and oxygen atoms in total. The van der Waals surface area contributed by atoms with Gasteiger partial charge in [0.1, 0.15) is 6.04 Å². The van der Waals surface area contributed by atoms with Gasteiger partial charge in [-0.3, -0.25) is 4.90 Å². The third-order valence-corrected chi connectivity index (χ3v) is 5.98. The van der Waals surface area contributed by atoms with Crippen LogP contribution in [0.15, 0.2) is 0 Å². The number of carbonyl (C=O) groups is 2. The van der Waals surface area contributed by atoms with Crippen LogP contribution in [0.3, 0.4) is 0 Å². The lowest BCUT2D eigenvalue weighted by Crippen LogP contribution is -2.53. The number of likely N-dealkylation sites (tertiary alicyclic amines) is 1. The molecular formula is C15H26N2O3S. The molecule has 2 atom stereocenters. The second-order valence-electron chi connectivity index (χ2n) is 5.96. The normalized spacial score (nSPS) is 27.1. The van der Waals surface area contributed by atoms with Crippen molar-refractivity contribution in [3.05, 3.63) is 0 Å². The zero-order chi connectivity index (χ0) is 15.4. The summed E-state index contributed by atoms with van der Waals surface area (Å²) in [7, 11) is 0. The van der Waals surface area contributed by atoms with E-state index in [4.69, 9.17) is 0 Å². The predicted molar refractivity (Wildman–Crippen MR) is 84.4 cm³/mol. The Morgan fingerprint density at radius 2 is 1.90 bits per heavy atom. The molecule has 0 aliphatic carbocycles. The first-order valence-electron chi connectivity index (χ1n) is 8.00. The molecule has 21 heavy (non-hydrogen) atoms. The highest BCUT2D eigenvalue weighted by molar-refractivity contribution is 8.00. The molecule has 2 aliphatic heterocycles. The Balaban J connectivity index is 1.99. The van der Waals surface area contributed by atoms with Gasteiger partial charge in [0.2, 0.25) is 0 Å². The van der Waals surface area contributed by atoms with Crippen molar-refractivity contribution in [2.45, 2.75) is 57.4 Å². The quantitative estimate of drug-likeness (QED) is 0.867. The van der Waals surface area contributed by atoms with Crippen LogP contribution in [-0.4, -0.2) is 57.2 Å². The lowest BCUT2D eigenvalue weighted by atomic mass is 9.93. The average molecular weight is 314 g/mol. The van der Waals surface area contributed by atoms with Crippen molar-refractivity contribution in [1.29, 1.82) is 0 Å². The fourth-order valence-corrected chi connectivity index (χ4v) is 4.65. The van der Waals surface area contributed by atoms with Crippen molar-refractivity contribution < 1.29 is 14.7 Å². The molecule has 2 aliphatic rings. The summed E-state index contributed by atoms with van der Waals surface area (Å²) in [6.07, 6.45) is 5.33. The van der Waals surface area contributed by atoms with Gasteiger partial charge >= 0.3 is 12.0 Å². The summed E-state index contributed by atoms with van der Waals surface area (Å²) in [5.41, 5.74) is 0. The van der Waals surface area contributed by atoms with Gasteiger partial charge in [0.25, 0.3) is 0 Å². The van der Waals surface area contributed by atoms with Crippen LogP contribution in [0, 0.1) is 5.92 Å². The number of aliphatic carboxylic acids is 1. The molecule has 120 valence electrons. The molecule has 2 heterocycles. The van der Waals surface area contributed by atoms with Crippen molar-refractivity contribution in [2.24, 2.45) is 5.92 Å². The number of hydrogen-bond donors (Lipinski definition) is 1. The molecule has 0 spiro atoms. The fourth-order valence-electron chi connectivity index (χ4n) is 3.31. The Hall–Kier alpha value is -0.910. The van der Waals surface area contributed by atoms with Gasteiger partial charge in [-0.2, -0.15) is 0 Å². The second-order valence-corrected chi connectivity index (χ2v) is 7.17. The lowest BCUT2D eigenvalue weighted by Gasteiger charge is -2.37. The molecule has 0 aromatic carbocycles. The second kappa shape index (κ2) is 7.38. The van der Waals surface area contributed by atoms with E-state index < -0.39 is 12.0 Å². The molecule has 2 unspecified atom stereocenters. The third kappa shape index (κ3) is 3.65. The summed E-state index contributed by atoms with van der Waals surface area (Å²) in [6.45, 7) is 5.75. The first-order chi connectivity index (χ1) is 10.1. The summed E-state index contributed by atoms with van der Waals surface area (Å²) in [5.74, 6) is 0.350. The van der Waals surface area contributed by atoms with Crippen LogP contribution >= 0.6 is 11.8 Å². The number of urea groups is 1. The van der Waals surface area contributed by atoms with Gasteiger partial charge in [0.05, 0.1) is 5.37 Å². The highest BCUT2D eigenvalue weighted by Gasteiger charge is 2.42. The van der Waals surface area contributed by atoms with Crippen LogP contribution in [-0.2, 0) is 4.79 Å². The maximum absolute atomic E-state index is 12.7. The molecule has 2 rings (SSSR count). The smallest absolute Gasteiger partial charge is 0.327 e. The Morgan fingerprint density at radius 1 is 1.24 bits per heavy atom. The van der Waals surface area contributed by atoms with Crippen LogP contribution in [0.5, 0.6) is 0 Å². The van der Waals surface area contributed by atoms with Crippen molar-refractivity contribution in [2.75, 3.05) is 18.8 Å². The Bertz CT molecular complexity index is 383. The molecule has 0 aromatic heterocycles. The molecule has 6 heteroatoms. The van der Waals surface area contributed by atoms with Gasteiger partial charge in [-0.05, 0) is 25.2 Å². The number of piperidine rings is 1. The van der Waals surface area contributed by atoms with E-state index in [0.29, 0.717) is 5.75 Å². The van der Waals surface area contributed by atoms with Crippen LogP contribution in [0.1, 0.15) is 46.0 Å². The zero-order valence-electron chi connectivity index (χ0n) is 13.0. The van der Waals surface area contributed by atoms with Crippen molar-refractivity contribution in [3.8, 4) is 0 Å². The first-order valence-corrected chi connectivity index (χ1v) is 9.05. The summed E-state index contributed by atoms with van der Waals surface area (Å²) < 4.78 is 0. The van der Waals surface area contributed by atoms with E-state index >= 15 is 0 Å². The molecule has 2 amide bonds. The lowest BCUT2D eigenvalue weighted by molar-refractivity contribution is -0.141. The number of carboxylic acids is 1. The number of amides is 2. The van der Waals surface area contributed by atoms with Gasteiger partial charge in [-0.25, -0.2) is 9.59 Å². The van der Waals surface area contributed by atoms with E-state index in [0.717, 1.165) is 38.3 Å². The Morgan fingerprint density at radius 3 is 2.43 bits per heavy atom. The van der Waals surface area contributed by atoms with E-state index in [2.05, 4.69) is 6.92 Å². The van der Waals surface area contributed by atoms with Gasteiger partial charge in [0, 0.05) is 18.8 Å². The fraction of sp³-hybridized carbons (Fsp3) is 0.867. The van der Waals surface area contributed by atoms with Crippen LogP contribution in [0.2, 0.25) is 0 Å². The topological polar surface area (TPSA) is 60.9 Å². The molecule has 0 bridgehead atoms. The van der Waals surface area contributed by atoms with Gasteiger partial charge < -0.3 is 10.0 Å². The third-order valence-electron chi connectivity index (χ3n) is 4.53. The minimum Gasteiger partial charge on any atom is -0.480 e. The largest absolute Gasteiger partial charge is 0.480 e. The van der Waals surface area contributed by atoms with Gasteiger partial charge in [-0.1, -0.05) is 26.7 Å². The van der Waals surface area contributed by atoms with Gasteiger partial charge in [-0.15, -0.1) is 11.8 Å². The first kappa shape index (κ1) is 16.5. The number of carbonyl (C=O) groups excluding carboxylic acids is 1. The van der Waals surface area contributed by atoms with E-state index in [1.807, 2.05) is 11.8 Å². The predicted octanol–water partition coefficient (Wildman–Crippen LogP) is 2.86. The highest BCUT2D eigenvalue weighted by atomic mass is 32.2. The van der Waals surface area contributed by atoms with Crippen molar-refractivity contribution >= 4 is 23.8 Å². The number of rotatable bonds is 4. The van der Waals surface area contributed by atoms with E-state index in [9.17, 15) is 14.7 Å². The maximum Gasteiger partial charge on any atom is 0.327 e. The van der Waals surface area contributed by atoms with E-state index in [1.54, 1.807) is 16.7 Å². The minimum atomic E-state index is -0.882. The maximum atomic E-state index is 12.7. The molecular weight excluding hydrogens is 288 g/mol. The highest BCUT2D eigenvalue weighted by Crippen LogP contribution is 2.33. The van der Waals surface area contributed by atoms with Crippen molar-refractivity contribution in [1.82, 2.24) is 9.80 Å². The molecule has 0 saturated carbocycles. The van der Waals surface area contributed by atoms with Crippen LogP contribution in [0.25, 0.3) is 0 Å². The Labute approximate surface area is 131 Å². The summed E-state index contributed by atoms with van der Waals surface area (Å²) in [6, 6.07) is -0.741. The molecule has 2 fully saturated rings. The summed E-state index contributed by atoms with van der Waals surface area (Å²) in [4.78, 5) is 27.6. The Kier molecular flexibility index (Phi) is 5.79. The molecule has 0 aromatic rings. The molecule has 1 N–H and O–H groups in total. The number of thioether (sulfide) groups is 1. The minimum absolute atomic E-state index is 0.00645. The average Bonchev–Trinajstić information content (AvgIpc) is 2.91. The summed E-state index contributed by atoms with van der Waals surface area (Å²) >= 11 is 1.59. The zero-order valence-corrected chi connectivity index (χ0v) is 13.8. The van der Waals surface area contributed by atoms with Crippen LogP contribution in [0.4, 0.5) is 4.79 Å². The summed E-state index contributed by atoms with van der Waals surface area (Å²) in [5, 5.41) is 9.34. The molecule has 0 radical (unpaired) electrons. The number of carboxylic acid groups (broad SMARTS) is 1. The van der Waals surface area contributed by atoms with E-state index in [-0.39, 0.29) is 11.4 Å².